The summed E-state index contributed by atoms with van der Waals surface area (Å²) in [6.45, 7) is 6.03. The Morgan fingerprint density at radius 3 is 2.55 bits per heavy atom. The van der Waals surface area contributed by atoms with Crippen LogP contribution in [-0.4, -0.2) is 86.3 Å². The van der Waals surface area contributed by atoms with Gasteiger partial charge in [0, 0.05) is 29.4 Å². The summed E-state index contributed by atoms with van der Waals surface area (Å²) in [5, 5.41) is 13.9. The highest BCUT2D eigenvalue weighted by Gasteiger charge is 2.41. The Bertz CT molecular complexity index is 1690. The van der Waals surface area contributed by atoms with Crippen LogP contribution in [0.3, 0.4) is 0 Å². The normalized spacial score (nSPS) is 16.8. The van der Waals surface area contributed by atoms with Crippen LogP contribution in [0.4, 0.5) is 5.69 Å². The van der Waals surface area contributed by atoms with Gasteiger partial charge in [-0.05, 0) is 76.7 Å². The standard InChI is InChI=1S/C31H34N6O4S/c1-17-4-5-26(18(2)12-17)42-16-20(38)15-33-23-6-9-32-29(39)27(23)28-34-24-13-21-22(14-25(24)35-28)31(41)37(30(21)40)19-7-10-36(3)11-8-19/h4-6,9,12-14,19-20,38H,7-8,10-11,15-16H2,1-3H3,(H,34,35)(H2,32,33,39). The number of aromatic amines is 2. The number of aliphatic hydroxyl groups excluding tert-OH is 1. The Morgan fingerprint density at radius 2 is 1.81 bits per heavy atom. The van der Waals surface area contributed by atoms with Crippen molar-refractivity contribution in [3.05, 3.63) is 75.2 Å². The molecule has 1 saturated heterocycles. The van der Waals surface area contributed by atoms with Gasteiger partial charge in [0.15, 0.2) is 0 Å². The van der Waals surface area contributed by atoms with E-state index in [2.05, 4.69) is 57.2 Å². The van der Waals surface area contributed by atoms with E-state index in [9.17, 15) is 19.5 Å². The Kier molecular flexibility index (Phi) is 7.65. The van der Waals surface area contributed by atoms with Crippen molar-refractivity contribution in [2.24, 2.45) is 0 Å². The van der Waals surface area contributed by atoms with Gasteiger partial charge in [-0.15, -0.1) is 11.8 Å². The van der Waals surface area contributed by atoms with Crippen molar-refractivity contribution >= 4 is 40.3 Å². The van der Waals surface area contributed by atoms with E-state index in [-0.39, 0.29) is 35.5 Å². The van der Waals surface area contributed by atoms with E-state index >= 15 is 0 Å². The summed E-state index contributed by atoms with van der Waals surface area (Å²) in [5.74, 6) is 0.227. The number of imidazole rings is 1. The largest absolute Gasteiger partial charge is 0.390 e. The second kappa shape index (κ2) is 11.4. The van der Waals surface area contributed by atoms with Gasteiger partial charge in [0.05, 0.1) is 34.0 Å². The van der Waals surface area contributed by atoms with E-state index in [1.54, 1.807) is 30.0 Å². The van der Waals surface area contributed by atoms with Crippen LogP contribution in [-0.2, 0) is 0 Å². The van der Waals surface area contributed by atoms with Crippen molar-refractivity contribution in [1.29, 1.82) is 0 Å². The minimum Gasteiger partial charge on any atom is -0.390 e. The molecule has 4 heterocycles. The Balaban J connectivity index is 1.20. The van der Waals surface area contributed by atoms with Gasteiger partial charge in [-0.3, -0.25) is 19.3 Å². The van der Waals surface area contributed by atoms with Crippen LogP contribution in [0.5, 0.6) is 0 Å². The number of H-pyrrole nitrogens is 2. The van der Waals surface area contributed by atoms with Gasteiger partial charge in [0.25, 0.3) is 17.4 Å². The third kappa shape index (κ3) is 5.35. The molecule has 0 saturated carbocycles. The molecule has 42 heavy (non-hydrogen) atoms. The summed E-state index contributed by atoms with van der Waals surface area (Å²) in [6.07, 6.45) is 2.39. The lowest BCUT2D eigenvalue weighted by Gasteiger charge is -2.33. The number of aromatic nitrogens is 3. The van der Waals surface area contributed by atoms with Crippen molar-refractivity contribution in [1.82, 2.24) is 24.8 Å². The van der Waals surface area contributed by atoms with Crippen molar-refractivity contribution in [2.45, 2.75) is 43.7 Å². The number of aliphatic hydroxyl groups is 1. The van der Waals surface area contributed by atoms with Crippen LogP contribution in [0, 0.1) is 13.8 Å². The number of hydrogen-bond donors (Lipinski definition) is 4. The lowest BCUT2D eigenvalue weighted by molar-refractivity contribution is 0.0516. The molecule has 0 aliphatic carbocycles. The number of pyridine rings is 1. The van der Waals surface area contributed by atoms with Crippen LogP contribution in [0.1, 0.15) is 44.7 Å². The summed E-state index contributed by atoms with van der Waals surface area (Å²) in [4.78, 5) is 54.8. The summed E-state index contributed by atoms with van der Waals surface area (Å²) >= 11 is 1.59. The van der Waals surface area contributed by atoms with Crippen molar-refractivity contribution in [3.63, 3.8) is 0 Å². The summed E-state index contributed by atoms with van der Waals surface area (Å²) in [7, 11) is 2.04. The number of likely N-dealkylation sites (tertiary alicyclic amines) is 1. The Hall–Kier alpha value is -3.93. The number of nitrogens with one attached hydrogen (secondary N) is 3. The fraction of sp³-hybridized carbons (Fsp3) is 0.355. The number of hydrogen-bond acceptors (Lipinski definition) is 8. The minimum atomic E-state index is -0.661. The van der Waals surface area contributed by atoms with Crippen LogP contribution < -0.4 is 10.9 Å². The molecule has 2 aliphatic rings. The highest BCUT2D eigenvalue weighted by Crippen LogP contribution is 2.33. The SMILES string of the molecule is Cc1ccc(SCC(O)CNc2cc[nH]c(=O)c2-c2nc3cc4c(cc3[nH]2)C(=O)N(C2CCN(C)CC2)C4=O)c(C)c1. The molecule has 2 aromatic heterocycles. The molecule has 1 fully saturated rings. The monoisotopic (exact) mass is 586 g/mol. The smallest absolute Gasteiger partial charge is 0.261 e. The zero-order valence-corrected chi connectivity index (χ0v) is 24.7. The summed E-state index contributed by atoms with van der Waals surface area (Å²) in [6, 6.07) is 11.2. The molecule has 0 radical (unpaired) electrons. The maximum atomic E-state index is 13.3. The van der Waals surface area contributed by atoms with Gasteiger partial charge < -0.3 is 25.3 Å². The number of fused-ring (bicyclic) bond motifs is 2. The number of carbonyl (C=O) groups excluding carboxylic acids is 2. The van der Waals surface area contributed by atoms with E-state index in [0.717, 1.165) is 30.8 Å². The summed E-state index contributed by atoms with van der Waals surface area (Å²) < 4.78 is 0. The quantitative estimate of drug-likeness (QED) is 0.181. The molecule has 1 unspecified atom stereocenters. The first-order valence-electron chi connectivity index (χ1n) is 14.1. The molecule has 4 aromatic rings. The minimum absolute atomic E-state index is 0.110. The number of amides is 2. The van der Waals surface area contributed by atoms with Crippen LogP contribution in [0.15, 0.2) is 52.3 Å². The topological polar surface area (TPSA) is 134 Å². The molecule has 10 nitrogen and oxygen atoms in total. The van der Waals surface area contributed by atoms with Gasteiger partial charge in [-0.2, -0.15) is 0 Å². The molecule has 218 valence electrons. The second-order valence-electron chi connectivity index (χ2n) is 11.2. The number of imide groups is 1. The number of piperidine rings is 1. The Morgan fingerprint density at radius 1 is 1.07 bits per heavy atom. The molecule has 1 atom stereocenters. The predicted molar refractivity (Wildman–Crippen MR) is 164 cm³/mol. The number of thioether (sulfide) groups is 1. The van der Waals surface area contributed by atoms with Crippen LogP contribution >= 0.6 is 11.8 Å². The fourth-order valence-electron chi connectivity index (χ4n) is 5.76. The van der Waals surface area contributed by atoms with Crippen LogP contribution in [0.25, 0.3) is 22.4 Å². The number of aryl methyl sites for hydroxylation is 2. The van der Waals surface area contributed by atoms with Gasteiger partial charge in [0.1, 0.15) is 11.4 Å². The molecule has 4 N–H and O–H groups in total. The molecular weight excluding hydrogens is 552 g/mol. The lowest BCUT2D eigenvalue weighted by atomic mass is 10.0. The van der Waals surface area contributed by atoms with Gasteiger partial charge in [0.2, 0.25) is 0 Å². The highest BCUT2D eigenvalue weighted by atomic mass is 32.2. The number of rotatable bonds is 8. The molecule has 2 amide bonds. The van der Waals surface area contributed by atoms with E-state index < -0.39 is 6.10 Å². The first kappa shape index (κ1) is 28.2. The number of benzene rings is 2. The third-order valence-electron chi connectivity index (χ3n) is 8.06. The van der Waals surface area contributed by atoms with Crippen molar-refractivity contribution in [2.75, 3.05) is 37.8 Å². The summed E-state index contributed by atoms with van der Waals surface area (Å²) in [5.41, 5.74) is 4.57. The number of carbonyl (C=O) groups is 2. The van der Waals surface area contributed by atoms with E-state index in [4.69, 9.17) is 0 Å². The van der Waals surface area contributed by atoms with Crippen LogP contribution in [0.2, 0.25) is 0 Å². The second-order valence-corrected chi connectivity index (χ2v) is 12.3. The van der Waals surface area contributed by atoms with Gasteiger partial charge in [-0.25, -0.2) is 4.98 Å². The van der Waals surface area contributed by atoms with Gasteiger partial charge in [-0.1, -0.05) is 17.7 Å². The molecule has 2 aliphatic heterocycles. The fourth-order valence-corrected chi connectivity index (χ4v) is 6.70. The average molecular weight is 587 g/mol. The first-order chi connectivity index (χ1) is 20.2. The maximum Gasteiger partial charge on any atom is 0.261 e. The molecular formula is C31H34N6O4S. The van der Waals surface area contributed by atoms with E-state index in [1.807, 2.05) is 7.05 Å². The third-order valence-corrected chi connectivity index (χ3v) is 9.38. The number of nitrogens with zero attached hydrogens (tertiary/aromatic N) is 3. The lowest BCUT2D eigenvalue weighted by Crippen LogP contribution is -2.46. The molecule has 2 aromatic carbocycles. The zero-order chi connectivity index (χ0) is 29.5. The van der Waals surface area contributed by atoms with Gasteiger partial charge >= 0.3 is 0 Å². The van der Waals surface area contributed by atoms with E-state index in [0.29, 0.717) is 39.4 Å². The number of anilines is 1. The Labute approximate surface area is 247 Å². The first-order valence-corrected chi connectivity index (χ1v) is 15.1. The predicted octanol–water partition coefficient (Wildman–Crippen LogP) is 3.79. The maximum absolute atomic E-state index is 13.3. The molecule has 0 bridgehead atoms. The zero-order valence-electron chi connectivity index (χ0n) is 23.9. The molecule has 6 rings (SSSR count). The highest BCUT2D eigenvalue weighted by molar-refractivity contribution is 7.99. The van der Waals surface area contributed by atoms with E-state index in [1.165, 1.54) is 22.2 Å². The molecule has 11 heteroatoms. The van der Waals surface area contributed by atoms with Crippen molar-refractivity contribution in [3.8, 4) is 11.4 Å². The average Bonchev–Trinajstić information content (AvgIpc) is 3.48. The molecule has 0 spiro atoms. The van der Waals surface area contributed by atoms with Crippen molar-refractivity contribution < 1.29 is 14.7 Å².